The van der Waals surface area contributed by atoms with E-state index in [9.17, 15) is 18.0 Å². The van der Waals surface area contributed by atoms with E-state index in [4.69, 9.17) is 0 Å². The van der Waals surface area contributed by atoms with E-state index < -0.39 is 17.6 Å². The largest absolute Gasteiger partial charge is 0.416 e. The lowest BCUT2D eigenvalue weighted by molar-refractivity contribution is -0.137. The average molecular weight is 372 g/mol. The molecule has 0 unspecified atom stereocenters. The molecule has 0 fully saturated rings. The molecule has 0 saturated heterocycles. The molecule has 2 rings (SSSR count). The number of carbonyl (C=O) groups is 1. The number of rotatable bonds is 3. The molecule has 0 spiro atoms. The van der Waals surface area contributed by atoms with Crippen LogP contribution < -0.4 is 5.32 Å². The lowest BCUT2D eigenvalue weighted by Crippen LogP contribution is -2.26. The second kappa shape index (κ2) is 6.52. The third kappa shape index (κ3) is 4.10. The lowest BCUT2D eigenvalue weighted by atomic mass is 10.1. The summed E-state index contributed by atoms with van der Waals surface area (Å²) in [5, 5.41) is 2.69. The van der Waals surface area contributed by atoms with Gasteiger partial charge in [0.2, 0.25) is 0 Å². The van der Waals surface area contributed by atoms with Gasteiger partial charge >= 0.3 is 6.18 Å². The van der Waals surface area contributed by atoms with Crippen molar-refractivity contribution in [2.75, 3.05) is 0 Å². The minimum Gasteiger partial charge on any atom is -0.346 e. The predicted octanol–water partition coefficient (Wildman–Crippen LogP) is 4.96. The molecular weight excluding hydrogens is 359 g/mol. The molecule has 2 nitrogen and oxygen atoms in total. The van der Waals surface area contributed by atoms with Gasteiger partial charge in [-0.3, -0.25) is 4.79 Å². The summed E-state index contributed by atoms with van der Waals surface area (Å²) < 4.78 is 38.9. The molecule has 2 aromatic rings. The summed E-state index contributed by atoms with van der Waals surface area (Å²) in [6.45, 7) is 1.77. The highest BCUT2D eigenvalue weighted by Gasteiger charge is 2.30. The Hall–Kier alpha value is -1.82. The van der Waals surface area contributed by atoms with Gasteiger partial charge in [-0.2, -0.15) is 13.2 Å². The zero-order chi connectivity index (χ0) is 16.3. The second-order valence-electron chi connectivity index (χ2n) is 4.83. The molecule has 0 radical (unpaired) electrons. The number of amides is 1. The Morgan fingerprint density at radius 3 is 2.36 bits per heavy atom. The molecule has 0 bridgehead atoms. The van der Waals surface area contributed by atoms with Crippen LogP contribution in [0, 0.1) is 0 Å². The maximum Gasteiger partial charge on any atom is 0.416 e. The van der Waals surface area contributed by atoms with Crippen molar-refractivity contribution < 1.29 is 18.0 Å². The van der Waals surface area contributed by atoms with Crippen molar-refractivity contribution in [3.8, 4) is 0 Å². The molecule has 2 aromatic carbocycles. The van der Waals surface area contributed by atoms with E-state index in [2.05, 4.69) is 21.2 Å². The Kier molecular flexibility index (Phi) is 4.90. The fourth-order valence-electron chi connectivity index (χ4n) is 1.95. The molecule has 1 N–H and O–H groups in total. The molecule has 1 amide bonds. The van der Waals surface area contributed by atoms with Gasteiger partial charge in [0.05, 0.1) is 11.6 Å². The maximum atomic E-state index is 12.7. The van der Waals surface area contributed by atoms with E-state index in [-0.39, 0.29) is 11.6 Å². The number of nitrogens with one attached hydrogen (secondary N) is 1. The first-order valence-electron chi connectivity index (χ1n) is 6.51. The average Bonchev–Trinajstić information content (AvgIpc) is 2.47. The molecule has 0 aliphatic heterocycles. The fourth-order valence-corrected chi connectivity index (χ4v) is 2.22. The fraction of sp³-hybridized carbons (Fsp3) is 0.188. The van der Waals surface area contributed by atoms with E-state index in [1.165, 1.54) is 12.1 Å². The number of carbonyl (C=O) groups excluding carboxylic acids is 1. The van der Waals surface area contributed by atoms with Gasteiger partial charge in [-0.05, 0) is 42.8 Å². The van der Waals surface area contributed by atoms with Crippen molar-refractivity contribution in [2.45, 2.75) is 19.1 Å². The summed E-state index contributed by atoms with van der Waals surface area (Å²) in [6, 6.07) is 11.4. The van der Waals surface area contributed by atoms with Gasteiger partial charge < -0.3 is 5.32 Å². The van der Waals surface area contributed by atoms with Gasteiger partial charge in [0.15, 0.2) is 0 Å². The Morgan fingerprint density at radius 2 is 1.77 bits per heavy atom. The van der Waals surface area contributed by atoms with Crippen LogP contribution >= 0.6 is 15.9 Å². The van der Waals surface area contributed by atoms with Gasteiger partial charge in [-0.25, -0.2) is 0 Å². The molecule has 0 aliphatic rings. The molecule has 116 valence electrons. The van der Waals surface area contributed by atoms with Crippen molar-refractivity contribution in [2.24, 2.45) is 0 Å². The molecule has 0 saturated carbocycles. The number of alkyl halides is 3. The Bertz CT molecular complexity index is 668. The van der Waals surface area contributed by atoms with Crippen LogP contribution in [0.3, 0.4) is 0 Å². The molecule has 6 heteroatoms. The second-order valence-corrected chi connectivity index (χ2v) is 5.74. The topological polar surface area (TPSA) is 29.1 Å². The highest BCUT2D eigenvalue weighted by Crippen LogP contribution is 2.29. The van der Waals surface area contributed by atoms with Crippen molar-refractivity contribution >= 4 is 21.8 Å². The number of hydrogen-bond acceptors (Lipinski definition) is 1. The third-order valence-electron chi connectivity index (χ3n) is 3.17. The normalized spacial score (nSPS) is 12.8. The lowest BCUT2D eigenvalue weighted by Gasteiger charge is -2.15. The third-order valence-corrected chi connectivity index (χ3v) is 3.70. The minimum atomic E-state index is -4.46. The summed E-state index contributed by atoms with van der Waals surface area (Å²) in [6.07, 6.45) is -4.46. The monoisotopic (exact) mass is 371 g/mol. The molecule has 1 atom stereocenters. The Labute approximate surface area is 134 Å². The number of halogens is 4. The maximum absolute atomic E-state index is 12.7. The first-order chi connectivity index (χ1) is 10.3. The van der Waals surface area contributed by atoms with Gasteiger partial charge in [0, 0.05) is 10.0 Å². The first kappa shape index (κ1) is 16.5. The van der Waals surface area contributed by atoms with Crippen LogP contribution in [-0.4, -0.2) is 5.91 Å². The van der Waals surface area contributed by atoms with Gasteiger partial charge in [-0.15, -0.1) is 0 Å². The van der Waals surface area contributed by atoms with Crippen molar-refractivity contribution in [3.05, 3.63) is 69.7 Å². The molecule has 0 aliphatic carbocycles. The van der Waals surface area contributed by atoms with E-state index >= 15 is 0 Å². The van der Waals surface area contributed by atoms with Crippen LogP contribution in [0.5, 0.6) is 0 Å². The first-order valence-corrected chi connectivity index (χ1v) is 7.30. The molecular formula is C16H13BrF3NO. The Balaban J connectivity index is 2.13. The van der Waals surface area contributed by atoms with Gasteiger partial charge in [-0.1, -0.05) is 34.1 Å². The quantitative estimate of drug-likeness (QED) is 0.811. The van der Waals surface area contributed by atoms with Crippen LogP contribution in [0.2, 0.25) is 0 Å². The summed E-state index contributed by atoms with van der Waals surface area (Å²) in [4.78, 5) is 12.1. The van der Waals surface area contributed by atoms with Crippen molar-refractivity contribution in [1.82, 2.24) is 5.32 Å². The summed E-state index contributed by atoms with van der Waals surface area (Å²) >= 11 is 3.31. The van der Waals surface area contributed by atoms with Crippen molar-refractivity contribution in [3.63, 3.8) is 0 Å². The Morgan fingerprint density at radius 1 is 1.14 bits per heavy atom. The van der Waals surface area contributed by atoms with Crippen LogP contribution in [0.1, 0.15) is 34.5 Å². The molecule has 22 heavy (non-hydrogen) atoms. The molecule has 0 aromatic heterocycles. The summed E-state index contributed by atoms with van der Waals surface area (Å²) in [5.74, 6) is -0.540. The van der Waals surface area contributed by atoms with E-state index in [1.54, 1.807) is 6.92 Å². The SMILES string of the molecule is C[C@H](NC(=O)c1cccc(C(F)(F)F)c1)c1ccc(Br)cc1. The molecule has 0 heterocycles. The van der Waals surface area contributed by atoms with Crippen LogP contribution in [-0.2, 0) is 6.18 Å². The highest BCUT2D eigenvalue weighted by molar-refractivity contribution is 9.10. The van der Waals surface area contributed by atoms with Crippen LogP contribution in [0.4, 0.5) is 13.2 Å². The number of hydrogen-bond donors (Lipinski definition) is 1. The minimum absolute atomic E-state index is 0.0150. The van der Waals surface area contributed by atoms with E-state index in [1.807, 2.05) is 24.3 Å². The highest BCUT2D eigenvalue weighted by atomic mass is 79.9. The summed E-state index contributed by atoms with van der Waals surface area (Å²) in [7, 11) is 0. The van der Waals surface area contributed by atoms with E-state index in [0.29, 0.717) is 0 Å². The number of benzene rings is 2. The summed E-state index contributed by atoms with van der Waals surface area (Å²) in [5.41, 5.74) is 0.0127. The predicted molar refractivity (Wildman–Crippen MR) is 81.5 cm³/mol. The standard InChI is InChI=1S/C16H13BrF3NO/c1-10(11-5-7-14(17)8-6-11)21-15(22)12-3-2-4-13(9-12)16(18,19)20/h2-10H,1H3,(H,21,22)/t10-/m0/s1. The van der Waals surface area contributed by atoms with Crippen LogP contribution in [0.25, 0.3) is 0 Å². The zero-order valence-electron chi connectivity index (χ0n) is 11.6. The van der Waals surface area contributed by atoms with Crippen molar-refractivity contribution in [1.29, 1.82) is 0 Å². The van der Waals surface area contributed by atoms with Gasteiger partial charge in [0.25, 0.3) is 5.91 Å². The zero-order valence-corrected chi connectivity index (χ0v) is 13.2. The van der Waals surface area contributed by atoms with E-state index in [0.717, 1.165) is 22.2 Å². The smallest absolute Gasteiger partial charge is 0.346 e. The van der Waals surface area contributed by atoms with Crippen LogP contribution in [0.15, 0.2) is 53.0 Å². The van der Waals surface area contributed by atoms with Gasteiger partial charge in [0.1, 0.15) is 0 Å².